The predicted octanol–water partition coefficient (Wildman–Crippen LogP) is 3.61. The second-order valence-corrected chi connectivity index (χ2v) is 5.76. The molecule has 0 radical (unpaired) electrons. The molecule has 118 valence electrons. The molecule has 23 heavy (non-hydrogen) atoms. The van der Waals surface area contributed by atoms with E-state index >= 15 is 0 Å². The second kappa shape index (κ2) is 6.16. The molecular formula is C19H18O4. The third-order valence-corrected chi connectivity index (χ3v) is 4.10. The molecule has 2 N–H and O–H groups in total. The summed E-state index contributed by atoms with van der Waals surface area (Å²) in [4.78, 5) is 11.8. The monoisotopic (exact) mass is 310 g/mol. The number of esters is 1. The Bertz CT molecular complexity index is 719. The molecule has 1 unspecified atom stereocenters. The first kappa shape index (κ1) is 15.2. The van der Waals surface area contributed by atoms with Gasteiger partial charge < -0.3 is 14.9 Å². The highest BCUT2D eigenvalue weighted by Crippen LogP contribution is 2.39. The van der Waals surface area contributed by atoms with Gasteiger partial charge in [-0.3, -0.25) is 0 Å². The van der Waals surface area contributed by atoms with E-state index in [-0.39, 0.29) is 17.9 Å². The van der Waals surface area contributed by atoms with Crippen molar-refractivity contribution in [2.45, 2.75) is 24.9 Å². The minimum absolute atomic E-state index is 0.0378. The van der Waals surface area contributed by atoms with Crippen LogP contribution in [0.15, 0.2) is 66.4 Å². The van der Waals surface area contributed by atoms with Crippen molar-refractivity contribution in [1.82, 2.24) is 0 Å². The van der Waals surface area contributed by atoms with Crippen LogP contribution in [0.5, 0.6) is 5.75 Å². The number of carbonyl (C=O) groups is 1. The van der Waals surface area contributed by atoms with Crippen molar-refractivity contribution in [3.8, 4) is 5.75 Å². The van der Waals surface area contributed by atoms with Crippen molar-refractivity contribution in [2.24, 2.45) is 0 Å². The molecular weight excluding hydrogens is 292 g/mol. The number of ether oxygens (including phenoxy) is 1. The van der Waals surface area contributed by atoms with Gasteiger partial charge in [-0.25, -0.2) is 4.79 Å². The van der Waals surface area contributed by atoms with Crippen LogP contribution in [-0.2, 0) is 21.6 Å². The molecule has 1 atom stereocenters. The lowest BCUT2D eigenvalue weighted by Gasteiger charge is -2.36. The third kappa shape index (κ3) is 3.37. The summed E-state index contributed by atoms with van der Waals surface area (Å²) in [5, 5.41) is 19.3. The van der Waals surface area contributed by atoms with E-state index in [0.29, 0.717) is 12.8 Å². The van der Waals surface area contributed by atoms with Crippen LogP contribution in [0.4, 0.5) is 0 Å². The van der Waals surface area contributed by atoms with E-state index in [1.165, 1.54) is 0 Å². The Hall–Kier alpha value is -2.75. The third-order valence-electron chi connectivity index (χ3n) is 4.10. The lowest BCUT2D eigenvalue weighted by molar-refractivity contribution is -0.159. The predicted molar refractivity (Wildman–Crippen MR) is 86.0 cm³/mol. The minimum Gasteiger partial charge on any atom is -0.512 e. The summed E-state index contributed by atoms with van der Waals surface area (Å²) in [6.07, 6.45) is 2.60. The average Bonchev–Trinajstić information content (AvgIpc) is 2.54. The molecule has 1 aliphatic heterocycles. The largest absolute Gasteiger partial charge is 0.512 e. The van der Waals surface area contributed by atoms with Gasteiger partial charge in [-0.15, -0.1) is 0 Å². The first-order valence-corrected chi connectivity index (χ1v) is 7.53. The fourth-order valence-corrected chi connectivity index (χ4v) is 2.93. The molecule has 0 saturated carbocycles. The molecule has 0 bridgehead atoms. The maximum absolute atomic E-state index is 11.8. The first-order chi connectivity index (χ1) is 11.1. The zero-order valence-electron chi connectivity index (χ0n) is 12.6. The van der Waals surface area contributed by atoms with Gasteiger partial charge in [0.25, 0.3) is 0 Å². The van der Waals surface area contributed by atoms with Crippen molar-refractivity contribution in [3.63, 3.8) is 0 Å². The van der Waals surface area contributed by atoms with Gasteiger partial charge in [0.1, 0.15) is 17.1 Å². The van der Waals surface area contributed by atoms with Crippen molar-refractivity contribution in [3.05, 3.63) is 77.6 Å². The summed E-state index contributed by atoms with van der Waals surface area (Å²) in [7, 11) is 0. The number of aromatic hydroxyl groups is 1. The van der Waals surface area contributed by atoms with E-state index in [4.69, 9.17) is 4.74 Å². The number of rotatable bonds is 4. The maximum atomic E-state index is 11.8. The molecule has 0 amide bonds. The molecule has 0 spiro atoms. The number of aryl methyl sites for hydroxylation is 1. The molecule has 0 saturated heterocycles. The molecule has 2 aromatic carbocycles. The smallest absolute Gasteiger partial charge is 0.335 e. The van der Waals surface area contributed by atoms with Crippen LogP contribution >= 0.6 is 0 Å². The Balaban J connectivity index is 1.88. The van der Waals surface area contributed by atoms with Crippen LogP contribution in [0.2, 0.25) is 0 Å². The van der Waals surface area contributed by atoms with Crippen molar-refractivity contribution in [2.75, 3.05) is 0 Å². The van der Waals surface area contributed by atoms with Crippen molar-refractivity contribution in [1.29, 1.82) is 0 Å². The fourth-order valence-electron chi connectivity index (χ4n) is 2.93. The summed E-state index contributed by atoms with van der Waals surface area (Å²) < 4.78 is 5.65. The molecule has 0 aliphatic carbocycles. The van der Waals surface area contributed by atoms with Crippen LogP contribution in [0.3, 0.4) is 0 Å². The zero-order chi connectivity index (χ0) is 16.3. The summed E-state index contributed by atoms with van der Waals surface area (Å²) >= 11 is 0. The lowest BCUT2D eigenvalue weighted by atomic mass is 9.83. The Morgan fingerprint density at radius 2 is 1.70 bits per heavy atom. The van der Waals surface area contributed by atoms with Gasteiger partial charge in [0.05, 0.1) is 6.08 Å². The highest BCUT2D eigenvalue weighted by atomic mass is 16.6. The molecule has 4 nitrogen and oxygen atoms in total. The SMILES string of the molecule is O=C1C=C(O)CC(CCc2ccc(O)cc2)(c2ccccc2)O1. The Morgan fingerprint density at radius 1 is 1.00 bits per heavy atom. The number of phenols is 1. The quantitative estimate of drug-likeness (QED) is 0.847. The Kier molecular flexibility index (Phi) is 4.06. The number of aliphatic hydroxyl groups excluding tert-OH is 1. The topological polar surface area (TPSA) is 66.8 Å². The number of hydrogen-bond donors (Lipinski definition) is 2. The van der Waals surface area contributed by atoms with E-state index in [0.717, 1.165) is 17.2 Å². The van der Waals surface area contributed by atoms with Crippen LogP contribution < -0.4 is 0 Å². The summed E-state index contributed by atoms with van der Waals surface area (Å²) in [5.74, 6) is -0.268. The van der Waals surface area contributed by atoms with Gasteiger partial charge in [0.2, 0.25) is 0 Å². The van der Waals surface area contributed by atoms with E-state index in [1.54, 1.807) is 12.1 Å². The number of phenolic OH excluding ortho intramolecular Hbond substituents is 1. The Morgan fingerprint density at radius 3 is 2.35 bits per heavy atom. The first-order valence-electron chi connectivity index (χ1n) is 7.53. The molecule has 1 aliphatic rings. The number of benzene rings is 2. The summed E-state index contributed by atoms with van der Waals surface area (Å²) in [6.45, 7) is 0. The number of hydrogen-bond acceptors (Lipinski definition) is 4. The highest BCUT2D eigenvalue weighted by Gasteiger charge is 2.39. The fraction of sp³-hybridized carbons (Fsp3) is 0.211. The van der Waals surface area contributed by atoms with Crippen LogP contribution in [0.25, 0.3) is 0 Å². The molecule has 4 heteroatoms. The van der Waals surface area contributed by atoms with Gasteiger partial charge in [-0.2, -0.15) is 0 Å². The van der Waals surface area contributed by atoms with Crippen LogP contribution in [0.1, 0.15) is 24.0 Å². The normalized spacial score (nSPS) is 20.7. The van der Waals surface area contributed by atoms with Gasteiger partial charge in [-0.05, 0) is 36.1 Å². The van der Waals surface area contributed by atoms with Gasteiger partial charge >= 0.3 is 5.97 Å². The van der Waals surface area contributed by atoms with Crippen LogP contribution in [0, 0.1) is 0 Å². The summed E-state index contributed by atoms with van der Waals surface area (Å²) in [5.41, 5.74) is 1.03. The Labute approximate surface area is 134 Å². The average molecular weight is 310 g/mol. The maximum Gasteiger partial charge on any atom is 0.335 e. The van der Waals surface area contributed by atoms with Gasteiger partial charge in [0, 0.05) is 6.42 Å². The van der Waals surface area contributed by atoms with Crippen LogP contribution in [-0.4, -0.2) is 16.2 Å². The second-order valence-electron chi connectivity index (χ2n) is 5.76. The van der Waals surface area contributed by atoms with Crippen molar-refractivity contribution < 1.29 is 19.7 Å². The molecule has 2 aromatic rings. The van der Waals surface area contributed by atoms with Gasteiger partial charge in [0.15, 0.2) is 0 Å². The van der Waals surface area contributed by atoms with E-state index in [9.17, 15) is 15.0 Å². The molecule has 1 heterocycles. The molecule has 0 aromatic heterocycles. The number of aliphatic hydroxyl groups is 1. The van der Waals surface area contributed by atoms with E-state index < -0.39 is 11.6 Å². The lowest BCUT2D eigenvalue weighted by Crippen LogP contribution is -2.36. The molecule has 0 fully saturated rings. The van der Waals surface area contributed by atoms with Gasteiger partial charge in [-0.1, -0.05) is 42.5 Å². The van der Waals surface area contributed by atoms with E-state index in [2.05, 4.69) is 0 Å². The highest BCUT2D eigenvalue weighted by molar-refractivity contribution is 5.84. The minimum atomic E-state index is -0.866. The summed E-state index contributed by atoms with van der Waals surface area (Å²) in [6, 6.07) is 16.4. The number of carbonyl (C=O) groups excluding carboxylic acids is 1. The zero-order valence-corrected chi connectivity index (χ0v) is 12.6. The van der Waals surface area contributed by atoms with E-state index in [1.807, 2.05) is 42.5 Å². The van der Waals surface area contributed by atoms with Crippen molar-refractivity contribution >= 4 is 5.97 Å². The number of cyclic esters (lactones) is 1. The standard InChI is InChI=1S/C19H18O4/c20-16-8-6-14(7-9-16)10-11-19(15-4-2-1-3-5-15)13-17(21)12-18(22)23-19/h1-9,12,20-21H,10-11,13H2. The molecule has 3 rings (SSSR count).